The molecule has 108 valence electrons. The molecule has 0 saturated heterocycles. The van der Waals surface area contributed by atoms with Gasteiger partial charge in [-0.3, -0.25) is 4.90 Å². The molecular formula is C17H16FNO2. The number of rotatable bonds is 3. The molecular weight excluding hydrogens is 269 g/mol. The molecule has 1 aliphatic heterocycles. The second kappa shape index (κ2) is 5.66. The number of carboxylic acid groups (broad SMARTS) is 1. The van der Waals surface area contributed by atoms with Crippen molar-refractivity contribution in [1.82, 2.24) is 4.90 Å². The van der Waals surface area contributed by atoms with E-state index in [1.807, 2.05) is 12.1 Å². The summed E-state index contributed by atoms with van der Waals surface area (Å²) in [5.74, 6) is -1.38. The third-order valence-electron chi connectivity index (χ3n) is 3.90. The average molecular weight is 285 g/mol. The van der Waals surface area contributed by atoms with E-state index in [2.05, 4.69) is 17.0 Å². The van der Waals surface area contributed by atoms with Gasteiger partial charge < -0.3 is 5.11 Å². The van der Waals surface area contributed by atoms with Gasteiger partial charge in [-0.05, 0) is 35.7 Å². The van der Waals surface area contributed by atoms with E-state index in [-0.39, 0.29) is 11.4 Å². The number of carboxylic acids is 1. The zero-order valence-corrected chi connectivity index (χ0v) is 11.6. The fourth-order valence-corrected chi connectivity index (χ4v) is 2.76. The SMILES string of the molecule is O=C(O)c1ccc(F)c(CN2CCc3ccccc3C2)c1. The first kappa shape index (κ1) is 13.8. The highest BCUT2D eigenvalue weighted by molar-refractivity contribution is 5.87. The maximum atomic E-state index is 13.9. The summed E-state index contributed by atoms with van der Waals surface area (Å²) in [6.45, 7) is 2.06. The highest BCUT2D eigenvalue weighted by atomic mass is 19.1. The monoisotopic (exact) mass is 285 g/mol. The maximum absolute atomic E-state index is 13.9. The van der Waals surface area contributed by atoms with Gasteiger partial charge in [0.15, 0.2) is 0 Å². The van der Waals surface area contributed by atoms with Crippen LogP contribution in [0.4, 0.5) is 4.39 Å². The minimum atomic E-state index is -1.03. The smallest absolute Gasteiger partial charge is 0.335 e. The first-order valence-corrected chi connectivity index (χ1v) is 6.94. The number of halogens is 1. The summed E-state index contributed by atoms with van der Waals surface area (Å²) in [5.41, 5.74) is 3.17. The molecule has 0 unspecified atom stereocenters. The standard InChI is InChI=1S/C17H16FNO2/c18-16-6-5-13(17(20)21)9-15(16)11-19-8-7-12-3-1-2-4-14(12)10-19/h1-6,9H,7-8,10-11H2,(H,20,21). The number of carbonyl (C=O) groups is 1. The van der Waals surface area contributed by atoms with Crippen LogP contribution in [0.2, 0.25) is 0 Å². The van der Waals surface area contributed by atoms with Gasteiger partial charge in [0.1, 0.15) is 5.82 Å². The van der Waals surface area contributed by atoms with E-state index in [1.54, 1.807) is 0 Å². The van der Waals surface area contributed by atoms with Crippen LogP contribution < -0.4 is 0 Å². The van der Waals surface area contributed by atoms with Crippen molar-refractivity contribution in [1.29, 1.82) is 0 Å². The van der Waals surface area contributed by atoms with Gasteiger partial charge in [0.05, 0.1) is 5.56 Å². The second-order valence-electron chi connectivity index (χ2n) is 5.34. The molecule has 1 aliphatic rings. The van der Waals surface area contributed by atoms with Crippen LogP contribution in [0, 0.1) is 5.82 Å². The molecule has 0 fully saturated rings. The number of benzene rings is 2. The maximum Gasteiger partial charge on any atom is 0.335 e. The summed E-state index contributed by atoms with van der Waals surface area (Å²) < 4.78 is 13.9. The molecule has 0 atom stereocenters. The normalized spacial score (nSPS) is 14.7. The first-order chi connectivity index (χ1) is 10.1. The van der Waals surface area contributed by atoms with Gasteiger partial charge >= 0.3 is 5.97 Å². The minimum Gasteiger partial charge on any atom is -0.478 e. The number of nitrogens with zero attached hydrogens (tertiary/aromatic N) is 1. The van der Waals surface area contributed by atoms with E-state index in [1.165, 1.54) is 29.3 Å². The predicted octanol–water partition coefficient (Wildman–Crippen LogP) is 3.08. The molecule has 0 radical (unpaired) electrons. The lowest BCUT2D eigenvalue weighted by Crippen LogP contribution is -2.30. The number of fused-ring (bicyclic) bond motifs is 1. The van der Waals surface area contributed by atoms with Gasteiger partial charge in [0, 0.05) is 25.2 Å². The Bertz CT molecular complexity index is 684. The van der Waals surface area contributed by atoms with Gasteiger partial charge in [0.2, 0.25) is 0 Å². The lowest BCUT2D eigenvalue weighted by atomic mass is 9.99. The zero-order valence-electron chi connectivity index (χ0n) is 11.6. The van der Waals surface area contributed by atoms with Crippen LogP contribution in [0.3, 0.4) is 0 Å². The third-order valence-corrected chi connectivity index (χ3v) is 3.90. The molecule has 0 aromatic heterocycles. The van der Waals surface area contributed by atoms with E-state index in [4.69, 9.17) is 5.11 Å². The number of aromatic carboxylic acids is 1. The van der Waals surface area contributed by atoms with Crippen LogP contribution in [-0.4, -0.2) is 22.5 Å². The minimum absolute atomic E-state index is 0.129. The van der Waals surface area contributed by atoms with E-state index >= 15 is 0 Å². The molecule has 4 heteroatoms. The molecule has 2 aromatic rings. The van der Waals surface area contributed by atoms with Gasteiger partial charge in [-0.1, -0.05) is 24.3 Å². The Balaban J connectivity index is 1.79. The highest BCUT2D eigenvalue weighted by Crippen LogP contribution is 2.21. The Labute approximate surface area is 122 Å². The Morgan fingerprint density at radius 1 is 1.19 bits per heavy atom. The van der Waals surface area contributed by atoms with Crippen LogP contribution >= 0.6 is 0 Å². The Hall–Kier alpha value is -2.20. The zero-order chi connectivity index (χ0) is 14.8. The van der Waals surface area contributed by atoms with Crippen molar-refractivity contribution >= 4 is 5.97 Å². The average Bonchev–Trinajstić information content (AvgIpc) is 2.49. The lowest BCUT2D eigenvalue weighted by molar-refractivity contribution is 0.0696. The molecule has 3 nitrogen and oxygen atoms in total. The molecule has 0 saturated carbocycles. The van der Waals surface area contributed by atoms with Gasteiger partial charge in [-0.2, -0.15) is 0 Å². The van der Waals surface area contributed by atoms with Crippen molar-refractivity contribution in [2.45, 2.75) is 19.5 Å². The first-order valence-electron chi connectivity index (χ1n) is 6.94. The summed E-state index contributed by atoms with van der Waals surface area (Å²) >= 11 is 0. The van der Waals surface area contributed by atoms with Crippen LogP contribution in [0.5, 0.6) is 0 Å². The molecule has 3 rings (SSSR count). The van der Waals surface area contributed by atoms with Crippen molar-refractivity contribution in [3.05, 3.63) is 70.5 Å². The lowest BCUT2D eigenvalue weighted by Gasteiger charge is -2.28. The topological polar surface area (TPSA) is 40.5 Å². The summed E-state index contributed by atoms with van der Waals surface area (Å²) in [5, 5.41) is 9.00. The quantitative estimate of drug-likeness (QED) is 0.942. The molecule has 0 bridgehead atoms. The molecule has 1 N–H and O–H groups in total. The summed E-state index contributed by atoms with van der Waals surface area (Å²) in [6.07, 6.45) is 0.941. The molecule has 2 aromatic carbocycles. The number of hydrogen-bond acceptors (Lipinski definition) is 2. The number of hydrogen-bond donors (Lipinski definition) is 1. The summed E-state index contributed by atoms with van der Waals surface area (Å²) in [6, 6.07) is 12.2. The van der Waals surface area contributed by atoms with Crippen LogP contribution in [0.25, 0.3) is 0 Å². The molecule has 0 aliphatic carbocycles. The van der Waals surface area contributed by atoms with Crippen molar-refractivity contribution in [3.8, 4) is 0 Å². The Kier molecular flexibility index (Phi) is 3.71. The van der Waals surface area contributed by atoms with E-state index < -0.39 is 5.97 Å². The Morgan fingerprint density at radius 3 is 2.71 bits per heavy atom. The van der Waals surface area contributed by atoms with Crippen molar-refractivity contribution in [2.75, 3.05) is 6.54 Å². The third kappa shape index (κ3) is 2.95. The second-order valence-corrected chi connectivity index (χ2v) is 5.34. The van der Waals surface area contributed by atoms with Crippen molar-refractivity contribution < 1.29 is 14.3 Å². The molecule has 21 heavy (non-hydrogen) atoms. The Morgan fingerprint density at radius 2 is 1.95 bits per heavy atom. The largest absolute Gasteiger partial charge is 0.478 e. The van der Waals surface area contributed by atoms with E-state index in [0.29, 0.717) is 12.1 Å². The van der Waals surface area contributed by atoms with E-state index in [9.17, 15) is 9.18 Å². The molecule has 1 heterocycles. The van der Waals surface area contributed by atoms with E-state index in [0.717, 1.165) is 19.5 Å². The van der Waals surface area contributed by atoms with Crippen LogP contribution in [-0.2, 0) is 19.5 Å². The van der Waals surface area contributed by atoms with Crippen LogP contribution in [0.15, 0.2) is 42.5 Å². The fourth-order valence-electron chi connectivity index (χ4n) is 2.76. The van der Waals surface area contributed by atoms with Crippen molar-refractivity contribution in [3.63, 3.8) is 0 Å². The highest BCUT2D eigenvalue weighted by Gasteiger charge is 2.18. The fraction of sp³-hybridized carbons (Fsp3) is 0.235. The van der Waals surface area contributed by atoms with Crippen LogP contribution in [0.1, 0.15) is 27.0 Å². The van der Waals surface area contributed by atoms with Crippen molar-refractivity contribution in [2.24, 2.45) is 0 Å². The predicted molar refractivity (Wildman–Crippen MR) is 77.6 cm³/mol. The molecule has 0 amide bonds. The van der Waals surface area contributed by atoms with Gasteiger partial charge in [-0.25, -0.2) is 9.18 Å². The van der Waals surface area contributed by atoms with Gasteiger partial charge in [0.25, 0.3) is 0 Å². The summed E-state index contributed by atoms with van der Waals surface area (Å²) in [4.78, 5) is 13.1. The van der Waals surface area contributed by atoms with Gasteiger partial charge in [-0.15, -0.1) is 0 Å². The summed E-state index contributed by atoms with van der Waals surface area (Å²) in [7, 11) is 0. The molecule has 0 spiro atoms.